The van der Waals surface area contributed by atoms with Crippen molar-refractivity contribution in [3.63, 3.8) is 0 Å². The molecule has 0 aliphatic carbocycles. The Morgan fingerprint density at radius 1 is 1.38 bits per heavy atom. The first-order valence-corrected chi connectivity index (χ1v) is 8.66. The zero-order valence-corrected chi connectivity index (χ0v) is 14.5. The van der Waals surface area contributed by atoms with Crippen molar-refractivity contribution in [3.8, 4) is 5.75 Å². The van der Waals surface area contributed by atoms with Crippen molar-refractivity contribution in [2.45, 2.75) is 32.2 Å². The largest absolute Gasteiger partial charge is 0.495 e. The molecule has 0 bridgehead atoms. The Morgan fingerprint density at radius 2 is 2.00 bits per heavy atom. The van der Waals surface area contributed by atoms with Gasteiger partial charge in [0, 0.05) is 30.2 Å². The van der Waals surface area contributed by atoms with Gasteiger partial charge in [0.1, 0.15) is 10.6 Å². The lowest BCUT2D eigenvalue weighted by atomic mass is 10.2. The van der Waals surface area contributed by atoms with E-state index in [1.54, 1.807) is 13.0 Å². The molecule has 0 aliphatic heterocycles. The molecule has 0 radical (unpaired) electrons. The molecular formula is C14H23ClN2O3S. The molecule has 0 saturated heterocycles. The van der Waals surface area contributed by atoms with E-state index < -0.39 is 10.0 Å². The molecule has 1 aromatic rings. The van der Waals surface area contributed by atoms with Gasteiger partial charge in [0.15, 0.2) is 0 Å². The lowest BCUT2D eigenvalue weighted by Crippen LogP contribution is -2.34. The fourth-order valence-corrected chi connectivity index (χ4v) is 4.28. The van der Waals surface area contributed by atoms with Gasteiger partial charge in [-0.1, -0.05) is 32.4 Å². The fraction of sp³-hybridized carbons (Fsp3) is 0.571. The third-order valence-corrected chi connectivity index (χ3v) is 5.22. The summed E-state index contributed by atoms with van der Waals surface area (Å²) in [4.78, 5) is 0.0699. The summed E-state index contributed by atoms with van der Waals surface area (Å²) in [5.41, 5.74) is 6.22. The number of rotatable bonds is 7. The number of nitrogens with zero attached hydrogens (tertiary/aromatic N) is 1. The molecule has 0 aliphatic rings. The molecule has 1 rings (SSSR count). The summed E-state index contributed by atoms with van der Waals surface area (Å²) in [6.07, 6.45) is 0. The molecule has 1 aromatic carbocycles. The highest BCUT2D eigenvalue weighted by Gasteiger charge is 2.28. The summed E-state index contributed by atoms with van der Waals surface area (Å²) in [5.74, 6) is 0.489. The Labute approximate surface area is 132 Å². The molecule has 0 heterocycles. The monoisotopic (exact) mass is 334 g/mol. The van der Waals surface area contributed by atoms with Gasteiger partial charge < -0.3 is 10.5 Å². The van der Waals surface area contributed by atoms with Crippen LogP contribution in [0.15, 0.2) is 17.0 Å². The Balaban J connectivity index is 3.45. The zero-order chi connectivity index (χ0) is 16.2. The number of hydrogen-bond acceptors (Lipinski definition) is 4. The standard InChI is InChI=1S/C14H23ClN2O3S/c1-5-17(9-10(2)3)21(18,19)13-7-12(15)6-11(8-16)14(13)20-4/h6-7,10H,5,8-9,16H2,1-4H3. The predicted octanol–water partition coefficient (Wildman–Crippen LogP) is 2.47. The summed E-state index contributed by atoms with van der Waals surface area (Å²) in [5, 5.41) is 0.329. The van der Waals surface area contributed by atoms with Gasteiger partial charge in [0.05, 0.1) is 7.11 Å². The van der Waals surface area contributed by atoms with Crippen LogP contribution in [0.25, 0.3) is 0 Å². The highest BCUT2D eigenvalue weighted by molar-refractivity contribution is 7.89. The molecule has 0 unspecified atom stereocenters. The van der Waals surface area contributed by atoms with E-state index in [0.717, 1.165) is 0 Å². The minimum atomic E-state index is -3.68. The quantitative estimate of drug-likeness (QED) is 0.831. The number of nitrogens with two attached hydrogens (primary N) is 1. The van der Waals surface area contributed by atoms with E-state index in [1.165, 1.54) is 17.5 Å². The van der Waals surface area contributed by atoms with Crippen LogP contribution in [0.1, 0.15) is 26.3 Å². The molecule has 0 fully saturated rings. The van der Waals surface area contributed by atoms with Gasteiger partial charge in [0.2, 0.25) is 10.0 Å². The zero-order valence-electron chi connectivity index (χ0n) is 12.9. The van der Waals surface area contributed by atoms with Crippen LogP contribution in [0.4, 0.5) is 0 Å². The van der Waals surface area contributed by atoms with Crippen molar-refractivity contribution in [2.24, 2.45) is 11.7 Å². The summed E-state index contributed by atoms with van der Waals surface area (Å²) in [6, 6.07) is 3.04. The van der Waals surface area contributed by atoms with Crippen LogP contribution in [-0.2, 0) is 16.6 Å². The third kappa shape index (κ3) is 4.10. The minimum Gasteiger partial charge on any atom is -0.495 e. The maximum absolute atomic E-state index is 12.8. The second-order valence-electron chi connectivity index (χ2n) is 5.15. The Hall–Kier alpha value is -0.820. The summed E-state index contributed by atoms with van der Waals surface area (Å²) in [6.45, 7) is 6.72. The molecule has 0 amide bonds. The van der Waals surface area contributed by atoms with Gasteiger partial charge in [-0.2, -0.15) is 4.31 Å². The SMILES string of the molecule is CCN(CC(C)C)S(=O)(=O)c1cc(Cl)cc(CN)c1OC. The van der Waals surface area contributed by atoms with E-state index in [2.05, 4.69) is 0 Å². The number of benzene rings is 1. The summed E-state index contributed by atoms with van der Waals surface area (Å²) >= 11 is 6.02. The summed E-state index contributed by atoms with van der Waals surface area (Å²) in [7, 11) is -2.25. The topological polar surface area (TPSA) is 72.6 Å². The van der Waals surface area contributed by atoms with Crippen molar-refractivity contribution in [3.05, 3.63) is 22.7 Å². The van der Waals surface area contributed by atoms with E-state index in [1.807, 2.05) is 13.8 Å². The first-order valence-electron chi connectivity index (χ1n) is 6.84. The third-order valence-electron chi connectivity index (χ3n) is 3.06. The van der Waals surface area contributed by atoms with Crippen LogP contribution in [0.3, 0.4) is 0 Å². The number of halogens is 1. The van der Waals surface area contributed by atoms with Crippen molar-refractivity contribution in [1.82, 2.24) is 4.31 Å². The molecule has 2 N–H and O–H groups in total. The highest BCUT2D eigenvalue weighted by Crippen LogP contribution is 2.33. The van der Waals surface area contributed by atoms with Crippen molar-refractivity contribution < 1.29 is 13.2 Å². The van der Waals surface area contributed by atoms with Gasteiger partial charge in [-0.05, 0) is 18.1 Å². The Bertz CT molecular complexity index is 588. The van der Waals surface area contributed by atoms with Crippen LogP contribution in [0.2, 0.25) is 5.02 Å². The second kappa shape index (κ2) is 7.45. The van der Waals surface area contributed by atoms with Crippen LogP contribution in [-0.4, -0.2) is 32.9 Å². The first-order chi connectivity index (χ1) is 9.77. The van der Waals surface area contributed by atoms with Crippen LogP contribution in [0.5, 0.6) is 5.75 Å². The van der Waals surface area contributed by atoms with Gasteiger partial charge in [0.25, 0.3) is 0 Å². The van der Waals surface area contributed by atoms with E-state index in [-0.39, 0.29) is 23.1 Å². The maximum Gasteiger partial charge on any atom is 0.246 e. The van der Waals surface area contributed by atoms with Gasteiger partial charge >= 0.3 is 0 Å². The van der Waals surface area contributed by atoms with Gasteiger partial charge in [-0.3, -0.25) is 0 Å². The van der Waals surface area contributed by atoms with Gasteiger partial charge in [-0.15, -0.1) is 0 Å². The Kier molecular flexibility index (Phi) is 6.46. The molecule has 7 heteroatoms. The molecular weight excluding hydrogens is 312 g/mol. The van der Waals surface area contributed by atoms with Crippen LogP contribution in [0, 0.1) is 5.92 Å². The molecule has 0 atom stereocenters. The number of methoxy groups -OCH3 is 1. The number of hydrogen-bond donors (Lipinski definition) is 1. The summed E-state index contributed by atoms with van der Waals surface area (Å²) < 4.78 is 32.4. The molecule has 21 heavy (non-hydrogen) atoms. The van der Waals surface area contributed by atoms with Crippen LogP contribution < -0.4 is 10.5 Å². The van der Waals surface area contributed by atoms with Crippen molar-refractivity contribution >= 4 is 21.6 Å². The van der Waals surface area contributed by atoms with E-state index in [4.69, 9.17) is 22.1 Å². The average Bonchev–Trinajstić information content (AvgIpc) is 2.43. The fourth-order valence-electron chi connectivity index (χ4n) is 2.14. The lowest BCUT2D eigenvalue weighted by molar-refractivity contribution is 0.370. The van der Waals surface area contributed by atoms with E-state index in [9.17, 15) is 8.42 Å². The second-order valence-corrected chi connectivity index (χ2v) is 7.49. The van der Waals surface area contributed by atoms with Crippen molar-refractivity contribution in [2.75, 3.05) is 20.2 Å². The maximum atomic E-state index is 12.8. The molecule has 120 valence electrons. The Morgan fingerprint density at radius 3 is 2.43 bits per heavy atom. The smallest absolute Gasteiger partial charge is 0.246 e. The van der Waals surface area contributed by atoms with Gasteiger partial charge in [-0.25, -0.2) is 8.42 Å². The molecule has 0 aromatic heterocycles. The van der Waals surface area contributed by atoms with E-state index >= 15 is 0 Å². The average molecular weight is 335 g/mol. The first kappa shape index (κ1) is 18.2. The number of sulfonamides is 1. The predicted molar refractivity (Wildman–Crippen MR) is 85.2 cm³/mol. The molecule has 0 saturated carbocycles. The molecule has 0 spiro atoms. The number of ether oxygens (including phenoxy) is 1. The van der Waals surface area contributed by atoms with E-state index in [0.29, 0.717) is 23.7 Å². The van der Waals surface area contributed by atoms with Crippen LogP contribution >= 0.6 is 11.6 Å². The minimum absolute atomic E-state index is 0.0699. The lowest BCUT2D eigenvalue weighted by Gasteiger charge is -2.24. The molecule has 5 nitrogen and oxygen atoms in total. The highest BCUT2D eigenvalue weighted by atomic mass is 35.5. The van der Waals surface area contributed by atoms with Crippen molar-refractivity contribution in [1.29, 1.82) is 0 Å². The normalized spacial score (nSPS) is 12.2.